The van der Waals surface area contributed by atoms with Gasteiger partial charge in [0, 0.05) is 19.7 Å². The van der Waals surface area contributed by atoms with Crippen LogP contribution in [0.1, 0.15) is 20.3 Å². The van der Waals surface area contributed by atoms with Crippen molar-refractivity contribution in [3.05, 3.63) is 12.4 Å². The van der Waals surface area contributed by atoms with E-state index in [-0.39, 0.29) is 12.1 Å². The highest BCUT2D eigenvalue weighted by atomic mass is 16.5. The molecule has 1 unspecified atom stereocenters. The Morgan fingerprint density at radius 3 is 2.83 bits per heavy atom. The van der Waals surface area contributed by atoms with Crippen molar-refractivity contribution in [3.8, 4) is 5.88 Å². The molecular weight excluding hydrogens is 232 g/mol. The Labute approximate surface area is 108 Å². The van der Waals surface area contributed by atoms with E-state index in [1.54, 1.807) is 19.5 Å². The number of aromatic nitrogens is 2. The fourth-order valence-electron chi connectivity index (χ4n) is 1.41. The van der Waals surface area contributed by atoms with Crippen LogP contribution in [0.4, 0.5) is 5.82 Å². The first kappa shape index (κ1) is 14.7. The predicted octanol–water partition coefficient (Wildman–Crippen LogP) is 1.04. The molecule has 1 rings (SSSR count). The fraction of sp³-hybridized carbons (Fsp3) is 0.667. The van der Waals surface area contributed by atoms with E-state index in [4.69, 9.17) is 15.2 Å². The number of nitrogens with two attached hydrogens (primary N) is 1. The van der Waals surface area contributed by atoms with E-state index >= 15 is 0 Å². The van der Waals surface area contributed by atoms with Crippen molar-refractivity contribution in [1.29, 1.82) is 0 Å². The van der Waals surface area contributed by atoms with Crippen LogP contribution in [-0.2, 0) is 4.74 Å². The highest BCUT2D eigenvalue weighted by molar-refractivity contribution is 5.33. The summed E-state index contributed by atoms with van der Waals surface area (Å²) in [6.07, 6.45) is 4.16. The van der Waals surface area contributed by atoms with E-state index in [2.05, 4.69) is 15.3 Å². The number of hydrogen-bond donors (Lipinski definition) is 2. The molecular formula is C12H22N4O2. The molecule has 18 heavy (non-hydrogen) atoms. The molecule has 0 radical (unpaired) electrons. The highest BCUT2D eigenvalue weighted by Gasteiger charge is 2.04. The van der Waals surface area contributed by atoms with Gasteiger partial charge in [-0.15, -0.1) is 0 Å². The summed E-state index contributed by atoms with van der Waals surface area (Å²) in [5.41, 5.74) is 5.82. The van der Waals surface area contributed by atoms with Gasteiger partial charge in [0.05, 0.1) is 25.1 Å². The maximum absolute atomic E-state index is 5.82. The lowest BCUT2D eigenvalue weighted by Gasteiger charge is -2.12. The van der Waals surface area contributed by atoms with Crippen LogP contribution in [0.3, 0.4) is 0 Å². The quantitative estimate of drug-likeness (QED) is 0.721. The van der Waals surface area contributed by atoms with Crippen LogP contribution >= 0.6 is 0 Å². The summed E-state index contributed by atoms with van der Waals surface area (Å²) in [6.45, 7) is 5.19. The minimum atomic E-state index is 0.0329. The van der Waals surface area contributed by atoms with E-state index in [0.717, 1.165) is 13.0 Å². The van der Waals surface area contributed by atoms with Crippen molar-refractivity contribution in [2.75, 3.05) is 25.6 Å². The van der Waals surface area contributed by atoms with E-state index in [9.17, 15) is 0 Å². The van der Waals surface area contributed by atoms with Gasteiger partial charge >= 0.3 is 0 Å². The first-order valence-electron chi connectivity index (χ1n) is 6.09. The molecule has 0 bridgehead atoms. The molecule has 1 aromatic heterocycles. The molecule has 1 heterocycles. The molecule has 0 saturated carbocycles. The van der Waals surface area contributed by atoms with Gasteiger partial charge in [0.1, 0.15) is 5.82 Å². The van der Waals surface area contributed by atoms with E-state index in [0.29, 0.717) is 18.3 Å². The first-order valence-corrected chi connectivity index (χ1v) is 6.09. The summed E-state index contributed by atoms with van der Waals surface area (Å²) >= 11 is 0. The number of rotatable bonds is 8. The Kier molecular flexibility index (Phi) is 6.38. The van der Waals surface area contributed by atoms with Crippen molar-refractivity contribution in [3.63, 3.8) is 0 Å². The van der Waals surface area contributed by atoms with Crippen LogP contribution < -0.4 is 15.8 Å². The molecule has 0 aliphatic carbocycles. The van der Waals surface area contributed by atoms with Gasteiger partial charge < -0.3 is 20.5 Å². The Morgan fingerprint density at radius 2 is 2.17 bits per heavy atom. The monoisotopic (exact) mass is 254 g/mol. The standard InChI is InChI=1S/C12H22N4O2/c1-9(2)18-12-7-14-6-11(16-12)15-5-4-10(13)8-17-3/h6-7,9-10H,4-5,8,13H2,1-3H3,(H,15,16). The molecule has 102 valence electrons. The molecule has 3 N–H and O–H groups in total. The van der Waals surface area contributed by atoms with Crippen molar-refractivity contribution in [1.82, 2.24) is 9.97 Å². The molecule has 1 atom stereocenters. The molecule has 1 aromatic rings. The Hall–Kier alpha value is -1.40. The molecule has 0 amide bonds. The number of nitrogens with one attached hydrogen (secondary N) is 1. The maximum atomic E-state index is 5.82. The molecule has 0 spiro atoms. The minimum Gasteiger partial charge on any atom is -0.474 e. The third-order valence-electron chi connectivity index (χ3n) is 2.17. The van der Waals surface area contributed by atoms with Crippen molar-refractivity contribution >= 4 is 5.82 Å². The second-order valence-electron chi connectivity index (χ2n) is 4.34. The summed E-state index contributed by atoms with van der Waals surface area (Å²) < 4.78 is 10.4. The lowest BCUT2D eigenvalue weighted by Crippen LogP contribution is -2.28. The third kappa shape index (κ3) is 5.79. The van der Waals surface area contributed by atoms with Gasteiger partial charge in [-0.1, -0.05) is 0 Å². The van der Waals surface area contributed by atoms with Crippen molar-refractivity contribution in [2.24, 2.45) is 5.73 Å². The van der Waals surface area contributed by atoms with E-state index < -0.39 is 0 Å². The van der Waals surface area contributed by atoms with Crippen LogP contribution in [0.15, 0.2) is 12.4 Å². The Morgan fingerprint density at radius 1 is 1.39 bits per heavy atom. The summed E-state index contributed by atoms with van der Waals surface area (Å²) in [5.74, 6) is 1.22. The van der Waals surface area contributed by atoms with E-state index in [1.807, 2.05) is 13.8 Å². The van der Waals surface area contributed by atoms with Crippen LogP contribution in [0, 0.1) is 0 Å². The van der Waals surface area contributed by atoms with Crippen molar-refractivity contribution < 1.29 is 9.47 Å². The second-order valence-corrected chi connectivity index (χ2v) is 4.34. The third-order valence-corrected chi connectivity index (χ3v) is 2.17. The zero-order valence-electron chi connectivity index (χ0n) is 11.2. The normalized spacial score (nSPS) is 12.5. The number of methoxy groups -OCH3 is 1. The summed E-state index contributed by atoms with van der Waals surface area (Å²) in [4.78, 5) is 8.35. The average Bonchev–Trinajstić information content (AvgIpc) is 2.29. The van der Waals surface area contributed by atoms with Crippen molar-refractivity contribution in [2.45, 2.75) is 32.4 Å². The largest absolute Gasteiger partial charge is 0.474 e. The molecule has 0 saturated heterocycles. The highest BCUT2D eigenvalue weighted by Crippen LogP contribution is 2.10. The van der Waals surface area contributed by atoms with Gasteiger partial charge in [-0.2, -0.15) is 4.98 Å². The van der Waals surface area contributed by atoms with Crippen LogP contribution in [0.5, 0.6) is 5.88 Å². The zero-order chi connectivity index (χ0) is 13.4. The van der Waals surface area contributed by atoms with Gasteiger partial charge in [-0.25, -0.2) is 0 Å². The molecule has 0 aliphatic rings. The van der Waals surface area contributed by atoms with Crippen LogP contribution in [-0.4, -0.2) is 42.4 Å². The zero-order valence-corrected chi connectivity index (χ0v) is 11.2. The average molecular weight is 254 g/mol. The van der Waals surface area contributed by atoms with Gasteiger partial charge in [-0.3, -0.25) is 4.98 Å². The topological polar surface area (TPSA) is 82.3 Å². The summed E-state index contributed by atoms with van der Waals surface area (Å²) in [6, 6.07) is 0.0329. The first-order chi connectivity index (χ1) is 8.61. The lowest BCUT2D eigenvalue weighted by molar-refractivity contribution is 0.178. The fourth-order valence-corrected chi connectivity index (χ4v) is 1.41. The summed E-state index contributed by atoms with van der Waals surface area (Å²) in [5, 5.41) is 3.16. The minimum absolute atomic E-state index is 0.0329. The van der Waals surface area contributed by atoms with Crippen LogP contribution in [0.2, 0.25) is 0 Å². The Balaban J connectivity index is 2.38. The smallest absolute Gasteiger partial charge is 0.234 e. The second kappa shape index (κ2) is 7.84. The summed E-state index contributed by atoms with van der Waals surface area (Å²) in [7, 11) is 1.64. The van der Waals surface area contributed by atoms with Gasteiger partial charge in [0.25, 0.3) is 0 Å². The number of anilines is 1. The molecule has 0 fully saturated rings. The van der Waals surface area contributed by atoms with Crippen LogP contribution in [0.25, 0.3) is 0 Å². The number of ether oxygens (including phenoxy) is 2. The molecule has 0 aliphatic heterocycles. The van der Waals surface area contributed by atoms with E-state index in [1.165, 1.54) is 0 Å². The maximum Gasteiger partial charge on any atom is 0.234 e. The molecule has 6 nitrogen and oxygen atoms in total. The number of hydrogen-bond acceptors (Lipinski definition) is 6. The van der Waals surface area contributed by atoms with Gasteiger partial charge in [0.2, 0.25) is 5.88 Å². The lowest BCUT2D eigenvalue weighted by atomic mass is 10.2. The number of nitrogens with zero attached hydrogens (tertiary/aromatic N) is 2. The van der Waals surface area contributed by atoms with Gasteiger partial charge in [0.15, 0.2) is 0 Å². The molecule has 0 aromatic carbocycles. The Bertz CT molecular complexity index is 347. The molecule has 6 heteroatoms. The SMILES string of the molecule is COCC(N)CCNc1cncc(OC(C)C)n1. The predicted molar refractivity (Wildman–Crippen MR) is 70.8 cm³/mol. The van der Waals surface area contributed by atoms with Gasteiger partial charge in [-0.05, 0) is 20.3 Å².